The molecule has 2 nitrogen and oxygen atoms in total. The second-order valence-corrected chi connectivity index (χ2v) is 5.74. The highest BCUT2D eigenvalue weighted by Crippen LogP contribution is 2.35. The maximum Gasteiger partial charge on any atom is 0.125 e. The van der Waals surface area contributed by atoms with Crippen molar-refractivity contribution >= 4 is 33.2 Å². The molecule has 102 valence electrons. The molecule has 1 aromatic carbocycles. The zero-order chi connectivity index (χ0) is 14.2. The van der Waals surface area contributed by atoms with Gasteiger partial charge in [0.05, 0.1) is 16.8 Å². The quantitative estimate of drug-likeness (QED) is 0.779. The molecule has 2 rings (SSSR count). The van der Waals surface area contributed by atoms with Crippen LogP contribution in [-0.2, 0) is 0 Å². The van der Waals surface area contributed by atoms with Gasteiger partial charge in [0.1, 0.15) is 17.3 Å². The Hall–Kier alpha value is -1.00. The first-order chi connectivity index (χ1) is 8.88. The van der Waals surface area contributed by atoms with E-state index in [1.54, 1.807) is 0 Å². The Morgan fingerprint density at radius 2 is 2.00 bits per heavy atom. The molecule has 19 heavy (non-hydrogen) atoms. The van der Waals surface area contributed by atoms with Crippen LogP contribution in [-0.4, -0.2) is 0 Å². The third kappa shape index (κ3) is 3.12. The number of rotatable bonds is 3. The lowest BCUT2D eigenvalue weighted by Gasteiger charge is -2.17. The van der Waals surface area contributed by atoms with Crippen LogP contribution in [0, 0.1) is 19.7 Å². The second kappa shape index (κ2) is 5.55. The molecule has 1 heterocycles. The molecular weight excluding hydrogens is 333 g/mol. The van der Waals surface area contributed by atoms with E-state index in [1.165, 1.54) is 12.1 Å². The summed E-state index contributed by atoms with van der Waals surface area (Å²) in [6.45, 7) is 5.83. The molecule has 1 N–H and O–H groups in total. The number of nitrogens with one attached hydrogen (secondary N) is 1. The minimum Gasteiger partial charge on any atom is -0.466 e. The van der Waals surface area contributed by atoms with Crippen LogP contribution in [0.1, 0.15) is 30.0 Å². The highest BCUT2D eigenvalue weighted by Gasteiger charge is 2.16. The van der Waals surface area contributed by atoms with Gasteiger partial charge in [-0.05, 0) is 54.9 Å². The van der Waals surface area contributed by atoms with E-state index in [4.69, 9.17) is 16.0 Å². The predicted octanol–water partition coefficient (Wildman–Crippen LogP) is 5.62. The van der Waals surface area contributed by atoms with Crippen LogP contribution in [0.15, 0.2) is 27.1 Å². The van der Waals surface area contributed by atoms with E-state index in [1.807, 2.05) is 26.8 Å². The van der Waals surface area contributed by atoms with Crippen LogP contribution < -0.4 is 5.32 Å². The number of halogens is 3. The highest BCUT2D eigenvalue weighted by atomic mass is 79.9. The molecule has 0 amide bonds. The summed E-state index contributed by atoms with van der Waals surface area (Å²) in [5.74, 6) is 1.36. The Morgan fingerprint density at radius 1 is 1.32 bits per heavy atom. The first-order valence-electron chi connectivity index (χ1n) is 5.86. The summed E-state index contributed by atoms with van der Waals surface area (Å²) in [5.41, 5.74) is 1.73. The number of hydrogen-bond donors (Lipinski definition) is 1. The lowest BCUT2D eigenvalue weighted by molar-refractivity contribution is 0.500. The minimum absolute atomic E-state index is 0.0108. The van der Waals surface area contributed by atoms with Gasteiger partial charge in [-0.1, -0.05) is 11.6 Å². The summed E-state index contributed by atoms with van der Waals surface area (Å²) in [7, 11) is 0. The fraction of sp³-hybridized carbons (Fsp3) is 0.286. The molecule has 1 aromatic heterocycles. The van der Waals surface area contributed by atoms with E-state index in [9.17, 15) is 4.39 Å². The van der Waals surface area contributed by atoms with Gasteiger partial charge >= 0.3 is 0 Å². The first kappa shape index (κ1) is 14.4. The maximum atomic E-state index is 13.2. The predicted molar refractivity (Wildman–Crippen MR) is 79.3 cm³/mol. The van der Waals surface area contributed by atoms with E-state index in [0.29, 0.717) is 15.2 Å². The summed E-state index contributed by atoms with van der Waals surface area (Å²) >= 11 is 9.37. The van der Waals surface area contributed by atoms with E-state index in [2.05, 4.69) is 21.2 Å². The molecule has 0 saturated carbocycles. The van der Waals surface area contributed by atoms with Crippen molar-refractivity contribution in [1.82, 2.24) is 0 Å². The molecule has 0 aliphatic carbocycles. The van der Waals surface area contributed by atoms with Crippen molar-refractivity contribution in [3.63, 3.8) is 0 Å². The van der Waals surface area contributed by atoms with Gasteiger partial charge in [0.15, 0.2) is 0 Å². The maximum absolute atomic E-state index is 13.2. The van der Waals surface area contributed by atoms with Crippen molar-refractivity contribution in [1.29, 1.82) is 0 Å². The number of hydrogen-bond acceptors (Lipinski definition) is 2. The molecule has 0 aliphatic heterocycles. The Bertz CT molecular complexity index is 588. The smallest absolute Gasteiger partial charge is 0.125 e. The van der Waals surface area contributed by atoms with Gasteiger partial charge in [0.2, 0.25) is 0 Å². The van der Waals surface area contributed by atoms with Gasteiger partial charge in [0, 0.05) is 10.0 Å². The molecule has 0 bridgehead atoms. The Morgan fingerprint density at radius 3 is 2.53 bits per heavy atom. The first-order valence-corrected chi connectivity index (χ1v) is 7.03. The Labute approximate surface area is 125 Å². The van der Waals surface area contributed by atoms with Gasteiger partial charge in [-0.3, -0.25) is 0 Å². The average molecular weight is 347 g/mol. The molecule has 0 aliphatic rings. The van der Waals surface area contributed by atoms with E-state index in [-0.39, 0.29) is 11.9 Å². The number of furan rings is 1. The number of anilines is 1. The zero-order valence-electron chi connectivity index (χ0n) is 10.9. The lowest BCUT2D eigenvalue weighted by Crippen LogP contribution is -2.08. The van der Waals surface area contributed by atoms with Crippen molar-refractivity contribution in [3.8, 4) is 0 Å². The monoisotopic (exact) mass is 345 g/mol. The molecule has 0 fully saturated rings. The molecule has 0 spiro atoms. The standard InChI is InChI=1S/C14H14BrClFNO/c1-7-4-11(9(3)19-7)8(2)18-14-12(15)5-10(17)6-13(14)16/h4-6,8,18H,1-3H3. The fourth-order valence-electron chi connectivity index (χ4n) is 2.05. The van der Waals surface area contributed by atoms with Gasteiger partial charge < -0.3 is 9.73 Å². The molecular formula is C14H14BrClFNO. The van der Waals surface area contributed by atoms with Gasteiger partial charge in [-0.15, -0.1) is 0 Å². The molecule has 2 aromatic rings. The third-order valence-corrected chi connectivity index (χ3v) is 3.84. The summed E-state index contributed by atoms with van der Waals surface area (Å²) in [6.07, 6.45) is 0. The average Bonchev–Trinajstić information content (AvgIpc) is 2.62. The number of aryl methyl sites for hydroxylation is 2. The third-order valence-electron chi connectivity index (χ3n) is 2.91. The van der Waals surface area contributed by atoms with Crippen LogP contribution in [0.3, 0.4) is 0 Å². The van der Waals surface area contributed by atoms with Crippen LogP contribution in [0.5, 0.6) is 0 Å². The van der Waals surface area contributed by atoms with Crippen LogP contribution in [0.4, 0.5) is 10.1 Å². The van der Waals surface area contributed by atoms with Gasteiger partial charge in [-0.2, -0.15) is 0 Å². The summed E-state index contributed by atoms with van der Waals surface area (Å²) in [5, 5.41) is 3.61. The molecule has 0 saturated heterocycles. The summed E-state index contributed by atoms with van der Waals surface area (Å²) < 4.78 is 19.3. The van der Waals surface area contributed by atoms with E-state index < -0.39 is 0 Å². The van der Waals surface area contributed by atoms with Crippen LogP contribution >= 0.6 is 27.5 Å². The molecule has 1 atom stereocenters. The minimum atomic E-state index is -0.370. The topological polar surface area (TPSA) is 25.2 Å². The van der Waals surface area contributed by atoms with Crippen molar-refractivity contribution in [2.45, 2.75) is 26.8 Å². The van der Waals surface area contributed by atoms with Crippen LogP contribution in [0.25, 0.3) is 0 Å². The van der Waals surface area contributed by atoms with Crippen molar-refractivity contribution in [3.05, 3.63) is 50.6 Å². The van der Waals surface area contributed by atoms with Crippen LogP contribution in [0.2, 0.25) is 5.02 Å². The van der Waals surface area contributed by atoms with Crippen molar-refractivity contribution in [2.75, 3.05) is 5.32 Å². The fourth-order valence-corrected chi connectivity index (χ4v) is 2.98. The SMILES string of the molecule is Cc1cc(C(C)Nc2c(Cl)cc(F)cc2Br)c(C)o1. The van der Waals surface area contributed by atoms with Gasteiger partial charge in [-0.25, -0.2) is 4.39 Å². The number of benzene rings is 1. The molecule has 0 radical (unpaired) electrons. The molecule has 1 unspecified atom stereocenters. The van der Waals surface area contributed by atoms with E-state index in [0.717, 1.165) is 17.1 Å². The highest BCUT2D eigenvalue weighted by molar-refractivity contribution is 9.10. The summed E-state index contributed by atoms with van der Waals surface area (Å²) in [4.78, 5) is 0. The van der Waals surface area contributed by atoms with Gasteiger partial charge in [0.25, 0.3) is 0 Å². The Balaban J connectivity index is 2.29. The Kier molecular flexibility index (Phi) is 4.21. The summed E-state index contributed by atoms with van der Waals surface area (Å²) in [6, 6.07) is 4.67. The van der Waals surface area contributed by atoms with Crippen molar-refractivity contribution in [2.24, 2.45) is 0 Å². The lowest BCUT2D eigenvalue weighted by atomic mass is 10.1. The second-order valence-electron chi connectivity index (χ2n) is 4.48. The van der Waals surface area contributed by atoms with E-state index >= 15 is 0 Å². The molecule has 5 heteroatoms. The normalized spacial score (nSPS) is 12.5. The van der Waals surface area contributed by atoms with Crippen molar-refractivity contribution < 1.29 is 8.81 Å². The largest absolute Gasteiger partial charge is 0.466 e. The zero-order valence-corrected chi connectivity index (χ0v) is 13.2.